The van der Waals surface area contributed by atoms with Gasteiger partial charge in [0, 0.05) is 28.3 Å². The Balaban J connectivity index is 1.42. The highest BCUT2D eigenvalue weighted by Crippen LogP contribution is 2.61. The third-order valence-corrected chi connectivity index (χ3v) is 10.0. The van der Waals surface area contributed by atoms with E-state index in [1.165, 1.54) is 0 Å². The van der Waals surface area contributed by atoms with Crippen molar-refractivity contribution in [3.63, 3.8) is 0 Å². The summed E-state index contributed by atoms with van der Waals surface area (Å²) in [6.07, 6.45) is 5.82. The van der Waals surface area contributed by atoms with Gasteiger partial charge in [-0.15, -0.1) is 0 Å². The molecule has 6 heterocycles. The summed E-state index contributed by atoms with van der Waals surface area (Å²) in [4.78, 5) is 45.3. The Labute approximate surface area is 180 Å². The molecule has 0 aromatic carbocycles. The van der Waals surface area contributed by atoms with Crippen LogP contribution in [0.4, 0.5) is 0 Å². The molecule has 29 heavy (non-hydrogen) atoms. The Kier molecular flexibility index (Phi) is 4.17. The van der Waals surface area contributed by atoms with Crippen LogP contribution in [0.1, 0.15) is 38.5 Å². The highest BCUT2D eigenvalue weighted by Gasteiger charge is 2.54. The summed E-state index contributed by atoms with van der Waals surface area (Å²) in [6, 6.07) is 0. The first-order valence-electron chi connectivity index (χ1n) is 9.83. The molecule has 0 bridgehead atoms. The van der Waals surface area contributed by atoms with E-state index in [9.17, 15) is 14.4 Å². The third kappa shape index (κ3) is 2.55. The highest BCUT2D eigenvalue weighted by atomic mass is 32.2. The Morgan fingerprint density at radius 1 is 0.862 bits per heavy atom. The summed E-state index contributed by atoms with van der Waals surface area (Å²) in [7, 11) is 0. The molecule has 3 amide bonds. The monoisotopic (exact) mass is 449 g/mol. The van der Waals surface area contributed by atoms with Crippen LogP contribution in [0.2, 0.25) is 0 Å². The van der Waals surface area contributed by atoms with E-state index in [0.717, 1.165) is 39.0 Å². The maximum Gasteiger partial charge on any atom is 0.231 e. The number of aliphatic hydroxyl groups excluding tert-OH is 1. The van der Waals surface area contributed by atoms with E-state index in [-0.39, 0.29) is 40.5 Å². The first-order valence-corrected chi connectivity index (χ1v) is 12.5. The fraction of sp³-hybridized carbons (Fsp3) is 0.526. The lowest BCUT2D eigenvalue weighted by molar-refractivity contribution is -0.139. The number of allylic oxidation sites excluding steroid dienone is 1. The number of hydrogen-bond acceptors (Lipinski definition) is 7. The second-order valence-electron chi connectivity index (χ2n) is 7.79. The van der Waals surface area contributed by atoms with E-state index in [2.05, 4.69) is 0 Å². The quantitative estimate of drug-likeness (QED) is 0.492. The van der Waals surface area contributed by atoms with Gasteiger partial charge in [-0.1, -0.05) is 35.3 Å². The van der Waals surface area contributed by atoms with Gasteiger partial charge in [0.1, 0.15) is 0 Å². The molecule has 7 nitrogen and oxygen atoms in total. The van der Waals surface area contributed by atoms with Gasteiger partial charge in [0.2, 0.25) is 17.7 Å². The topological polar surface area (TPSA) is 81.2 Å². The first kappa shape index (κ1) is 18.4. The van der Waals surface area contributed by atoms with Gasteiger partial charge in [-0.3, -0.25) is 19.3 Å². The lowest BCUT2D eigenvalue weighted by Gasteiger charge is -2.35. The largest absolute Gasteiger partial charge is 0.396 e. The van der Waals surface area contributed by atoms with Crippen molar-refractivity contribution in [3.8, 4) is 0 Å². The molecule has 3 fully saturated rings. The fourth-order valence-corrected chi connectivity index (χ4v) is 8.87. The summed E-state index contributed by atoms with van der Waals surface area (Å²) >= 11 is 5.11. The van der Waals surface area contributed by atoms with Crippen LogP contribution in [-0.4, -0.2) is 60.3 Å². The summed E-state index contributed by atoms with van der Waals surface area (Å²) in [5.74, 6) is 0.412. The number of carbonyl (C=O) groups is 3. The van der Waals surface area contributed by atoms with E-state index in [1.807, 2.05) is 16.0 Å². The molecule has 152 valence electrons. The van der Waals surface area contributed by atoms with Crippen LogP contribution < -0.4 is 0 Å². The van der Waals surface area contributed by atoms with Crippen molar-refractivity contribution in [2.75, 3.05) is 6.61 Å². The van der Waals surface area contributed by atoms with E-state index in [0.29, 0.717) is 25.7 Å². The van der Waals surface area contributed by atoms with Gasteiger partial charge >= 0.3 is 0 Å². The number of fused-ring (bicyclic) bond motifs is 3. The highest BCUT2D eigenvalue weighted by molar-refractivity contribution is 8.09. The van der Waals surface area contributed by atoms with Crippen molar-refractivity contribution in [2.24, 2.45) is 0 Å². The smallest absolute Gasteiger partial charge is 0.231 e. The van der Waals surface area contributed by atoms with Gasteiger partial charge < -0.3 is 14.9 Å². The number of unbranched alkanes of at least 4 members (excludes halogenated alkanes) is 1. The maximum absolute atomic E-state index is 12.4. The molecule has 0 radical (unpaired) electrons. The standard InChI is InChI=1S/C19H19N3O4S3/c23-4-2-1-3-9-18(28-15-6-12(25)21(9)15)19-17(22-13(26)7-16(22)29-19)10-8-20-11(24)5-14(20)27-10/h8,14-16,23H,1-7H2/t14-,15-,16-/m1/s1. The Bertz CT molecular complexity index is 958. The maximum atomic E-state index is 12.4. The number of nitrogens with zero attached hydrogens (tertiary/aromatic N) is 3. The molecule has 0 spiro atoms. The minimum atomic E-state index is 0.119. The second-order valence-corrected chi connectivity index (χ2v) is 11.4. The molecule has 6 aliphatic rings. The average molecular weight is 450 g/mol. The number of β-lactam (4-membered cyclic amide) rings is 3. The van der Waals surface area contributed by atoms with E-state index in [4.69, 9.17) is 5.11 Å². The summed E-state index contributed by atoms with van der Waals surface area (Å²) in [5.41, 5.74) is 1.98. The molecule has 0 saturated carbocycles. The summed E-state index contributed by atoms with van der Waals surface area (Å²) in [6.45, 7) is 0.148. The van der Waals surface area contributed by atoms with Crippen molar-refractivity contribution in [3.05, 3.63) is 32.3 Å². The van der Waals surface area contributed by atoms with Crippen LogP contribution in [0.5, 0.6) is 0 Å². The first-order chi connectivity index (χ1) is 14.1. The number of thioether (sulfide) groups is 3. The van der Waals surface area contributed by atoms with Gasteiger partial charge in [-0.05, 0) is 19.3 Å². The van der Waals surface area contributed by atoms with Crippen molar-refractivity contribution >= 4 is 53.0 Å². The third-order valence-electron chi connectivity index (χ3n) is 6.06. The number of carbonyl (C=O) groups excluding carboxylic acids is 3. The SMILES string of the molecule is O=C1C[C@H]2SC(C3=C(C4=C(CCCCO)N5C(=O)C[C@H]5S4)S[C@@H]4CC(=O)N34)=CN12. The molecule has 0 aromatic heterocycles. The zero-order valence-corrected chi connectivity index (χ0v) is 17.9. The Morgan fingerprint density at radius 3 is 2.21 bits per heavy atom. The predicted molar refractivity (Wildman–Crippen MR) is 112 cm³/mol. The van der Waals surface area contributed by atoms with Crippen LogP contribution in [0, 0.1) is 0 Å². The average Bonchev–Trinajstić information content (AvgIpc) is 3.27. The van der Waals surface area contributed by atoms with Crippen LogP contribution >= 0.6 is 35.3 Å². The number of hydrogen-bond donors (Lipinski definition) is 1. The summed E-state index contributed by atoms with van der Waals surface area (Å²) in [5, 5.41) is 9.60. The number of rotatable bonds is 6. The molecule has 3 saturated heterocycles. The van der Waals surface area contributed by atoms with Gasteiger partial charge in [0.05, 0.1) is 46.0 Å². The normalized spacial score (nSPS) is 32.3. The Morgan fingerprint density at radius 2 is 1.55 bits per heavy atom. The summed E-state index contributed by atoms with van der Waals surface area (Å²) < 4.78 is 0. The predicted octanol–water partition coefficient (Wildman–Crippen LogP) is 2.33. The Hall–Kier alpha value is -1.36. The van der Waals surface area contributed by atoms with Crippen molar-refractivity contribution < 1.29 is 19.5 Å². The fourth-order valence-electron chi connectivity index (χ4n) is 4.46. The van der Waals surface area contributed by atoms with Crippen molar-refractivity contribution in [1.29, 1.82) is 0 Å². The number of aliphatic hydroxyl groups is 1. The molecule has 3 atom stereocenters. The van der Waals surface area contributed by atoms with E-state index >= 15 is 0 Å². The van der Waals surface area contributed by atoms with Gasteiger partial charge in [0.25, 0.3) is 0 Å². The van der Waals surface area contributed by atoms with E-state index in [1.54, 1.807) is 40.2 Å². The minimum Gasteiger partial charge on any atom is -0.396 e. The minimum absolute atomic E-state index is 0.119. The van der Waals surface area contributed by atoms with Crippen molar-refractivity contribution in [2.45, 2.75) is 54.6 Å². The molecule has 0 aliphatic carbocycles. The number of amides is 3. The molecular formula is C19H19N3O4S3. The molecule has 10 heteroatoms. The molecular weight excluding hydrogens is 430 g/mol. The molecule has 1 N–H and O–H groups in total. The molecule has 0 aromatic rings. The molecule has 0 unspecified atom stereocenters. The second kappa shape index (κ2) is 6.57. The zero-order chi connectivity index (χ0) is 19.9. The van der Waals surface area contributed by atoms with Gasteiger partial charge in [0.15, 0.2) is 0 Å². The molecule has 6 rings (SSSR count). The van der Waals surface area contributed by atoms with Crippen LogP contribution in [-0.2, 0) is 14.4 Å². The van der Waals surface area contributed by atoms with Crippen LogP contribution in [0.3, 0.4) is 0 Å². The van der Waals surface area contributed by atoms with E-state index < -0.39 is 0 Å². The van der Waals surface area contributed by atoms with Crippen molar-refractivity contribution in [1.82, 2.24) is 14.7 Å². The molecule has 6 aliphatic heterocycles. The van der Waals surface area contributed by atoms with Crippen LogP contribution in [0.15, 0.2) is 32.3 Å². The lowest BCUT2D eigenvalue weighted by Crippen LogP contribution is -2.47. The zero-order valence-electron chi connectivity index (χ0n) is 15.5. The lowest BCUT2D eigenvalue weighted by atomic mass is 10.1. The van der Waals surface area contributed by atoms with Gasteiger partial charge in [-0.25, -0.2) is 0 Å². The van der Waals surface area contributed by atoms with Gasteiger partial charge in [-0.2, -0.15) is 0 Å². The van der Waals surface area contributed by atoms with Crippen LogP contribution in [0.25, 0.3) is 0 Å².